The highest BCUT2D eigenvalue weighted by molar-refractivity contribution is 5.94. The van der Waals surface area contributed by atoms with E-state index in [0.717, 1.165) is 12.1 Å². The highest BCUT2D eigenvalue weighted by atomic mass is 16.1. The van der Waals surface area contributed by atoms with Crippen molar-refractivity contribution in [2.24, 2.45) is 17.9 Å². The molecule has 1 heterocycles. The molecule has 0 saturated heterocycles. The molecule has 1 aromatic carbocycles. The van der Waals surface area contributed by atoms with Crippen LogP contribution in [0.2, 0.25) is 0 Å². The van der Waals surface area contributed by atoms with E-state index in [2.05, 4.69) is 68.1 Å². The third-order valence-corrected chi connectivity index (χ3v) is 4.75. The predicted octanol–water partition coefficient (Wildman–Crippen LogP) is 4.36. The fraction of sp³-hybridized carbons (Fsp3) is 0.524. The number of para-hydroxylation sites is 2. The third-order valence-electron chi connectivity index (χ3n) is 4.75. The number of fused-ring (bicyclic) bond motifs is 1. The van der Waals surface area contributed by atoms with Gasteiger partial charge in [0.1, 0.15) is 6.54 Å². The van der Waals surface area contributed by atoms with Crippen LogP contribution < -0.4 is 4.57 Å². The average Bonchev–Trinajstić information content (AvgIpc) is 2.70. The van der Waals surface area contributed by atoms with Crippen molar-refractivity contribution in [3.05, 3.63) is 41.7 Å². The maximum absolute atomic E-state index is 12.6. The molecule has 0 radical (unpaired) electrons. The summed E-state index contributed by atoms with van der Waals surface area (Å²) in [5.41, 5.74) is 3.17. The second kappa shape index (κ2) is 6.19. The summed E-state index contributed by atoms with van der Waals surface area (Å²) >= 11 is 0. The number of aryl methyl sites for hydroxylation is 1. The number of imidazole rings is 1. The van der Waals surface area contributed by atoms with Gasteiger partial charge in [0, 0.05) is 12.3 Å². The molecular weight excluding hydrogens is 296 g/mol. The molecule has 0 saturated carbocycles. The number of ketones is 1. The Morgan fingerprint density at radius 1 is 1.08 bits per heavy atom. The van der Waals surface area contributed by atoms with Crippen LogP contribution in [0.1, 0.15) is 47.4 Å². The normalized spacial score (nSPS) is 13.6. The lowest BCUT2D eigenvalue weighted by Gasteiger charge is -2.24. The van der Waals surface area contributed by atoms with Crippen molar-refractivity contribution in [3.8, 4) is 0 Å². The van der Waals surface area contributed by atoms with E-state index in [-0.39, 0.29) is 16.6 Å². The minimum absolute atomic E-state index is 0.0582. The standard InChI is InChI=1S/C21H31N2O/c1-15-22(8)17-11-9-10-12-18(17)23(15)14-16(20(2,3)4)13-19(24)21(5,6)7/h9-13H,14H2,1-8H3/q+1/b16-13+. The van der Waals surface area contributed by atoms with Crippen molar-refractivity contribution in [2.45, 2.75) is 55.0 Å². The molecule has 0 amide bonds. The molecule has 0 aliphatic heterocycles. The minimum atomic E-state index is -0.352. The van der Waals surface area contributed by atoms with Gasteiger partial charge in [-0.05, 0) is 29.2 Å². The third kappa shape index (κ3) is 3.61. The maximum atomic E-state index is 12.6. The lowest BCUT2D eigenvalue weighted by molar-refractivity contribution is -0.652. The van der Waals surface area contributed by atoms with Crippen LogP contribution in [0.4, 0.5) is 0 Å². The largest absolute Gasteiger partial charge is 0.294 e. The first-order chi connectivity index (χ1) is 10.9. The van der Waals surface area contributed by atoms with Crippen molar-refractivity contribution < 1.29 is 9.36 Å². The van der Waals surface area contributed by atoms with Crippen molar-refractivity contribution in [1.82, 2.24) is 4.57 Å². The molecule has 0 bridgehead atoms. The van der Waals surface area contributed by atoms with Gasteiger partial charge in [0.15, 0.2) is 16.8 Å². The molecule has 0 N–H and O–H groups in total. The number of allylic oxidation sites excluding steroid dienone is 2. The van der Waals surface area contributed by atoms with Gasteiger partial charge in [-0.1, -0.05) is 53.7 Å². The van der Waals surface area contributed by atoms with Crippen LogP contribution in [0, 0.1) is 17.8 Å². The van der Waals surface area contributed by atoms with E-state index in [1.54, 1.807) is 0 Å². The van der Waals surface area contributed by atoms with E-state index in [1.165, 1.54) is 16.9 Å². The molecule has 0 aliphatic carbocycles. The number of carbonyl (C=O) groups excluding carboxylic acids is 1. The summed E-state index contributed by atoms with van der Waals surface area (Å²) in [7, 11) is 2.09. The van der Waals surface area contributed by atoms with Gasteiger partial charge in [0.25, 0.3) is 5.82 Å². The first kappa shape index (κ1) is 18.4. The Balaban J connectivity index is 2.55. The molecule has 24 heavy (non-hydrogen) atoms. The van der Waals surface area contributed by atoms with Crippen LogP contribution in [0.25, 0.3) is 11.0 Å². The Bertz CT molecular complexity index is 796. The van der Waals surface area contributed by atoms with Crippen molar-refractivity contribution >= 4 is 16.8 Å². The molecule has 3 nitrogen and oxygen atoms in total. The molecule has 3 heteroatoms. The fourth-order valence-corrected chi connectivity index (χ4v) is 2.75. The zero-order valence-corrected chi connectivity index (χ0v) is 16.4. The molecule has 1 aromatic heterocycles. The van der Waals surface area contributed by atoms with E-state index >= 15 is 0 Å². The summed E-state index contributed by atoms with van der Waals surface area (Å²) in [4.78, 5) is 12.6. The Kier molecular flexibility index (Phi) is 4.76. The van der Waals surface area contributed by atoms with Gasteiger partial charge >= 0.3 is 0 Å². The zero-order valence-electron chi connectivity index (χ0n) is 16.4. The van der Waals surface area contributed by atoms with Gasteiger partial charge in [0.05, 0.1) is 7.05 Å². The Morgan fingerprint density at radius 3 is 2.21 bits per heavy atom. The lowest BCUT2D eigenvalue weighted by atomic mass is 9.82. The summed E-state index contributed by atoms with van der Waals surface area (Å²) in [6, 6.07) is 8.42. The zero-order chi connectivity index (χ0) is 18.3. The predicted molar refractivity (Wildman–Crippen MR) is 99.9 cm³/mol. The smallest absolute Gasteiger partial charge is 0.254 e. The fourth-order valence-electron chi connectivity index (χ4n) is 2.75. The second-order valence-electron chi connectivity index (χ2n) is 8.71. The average molecular weight is 327 g/mol. The number of rotatable bonds is 3. The van der Waals surface area contributed by atoms with Gasteiger partial charge in [-0.3, -0.25) is 4.79 Å². The van der Waals surface area contributed by atoms with Crippen LogP contribution in [-0.2, 0) is 18.4 Å². The van der Waals surface area contributed by atoms with Crippen LogP contribution >= 0.6 is 0 Å². The second-order valence-corrected chi connectivity index (χ2v) is 8.71. The molecule has 0 atom stereocenters. The van der Waals surface area contributed by atoms with E-state index in [1.807, 2.05) is 26.8 Å². The topological polar surface area (TPSA) is 25.9 Å². The van der Waals surface area contributed by atoms with Crippen LogP contribution in [-0.4, -0.2) is 10.4 Å². The van der Waals surface area contributed by atoms with Crippen LogP contribution in [0.3, 0.4) is 0 Å². The SMILES string of the molecule is Cc1n(C/C(=C\C(=O)C(C)(C)C)C(C)(C)C)c2ccccc2[n+]1C. The quantitative estimate of drug-likeness (QED) is 0.607. The van der Waals surface area contributed by atoms with E-state index in [9.17, 15) is 4.79 Å². The summed E-state index contributed by atoms with van der Waals surface area (Å²) < 4.78 is 4.52. The van der Waals surface area contributed by atoms with Crippen LogP contribution in [0.5, 0.6) is 0 Å². The van der Waals surface area contributed by atoms with Crippen LogP contribution in [0.15, 0.2) is 35.9 Å². The summed E-state index contributed by atoms with van der Waals surface area (Å²) in [6.07, 6.45) is 1.87. The summed E-state index contributed by atoms with van der Waals surface area (Å²) in [5, 5.41) is 0. The Hall–Kier alpha value is -1.90. The number of carbonyl (C=O) groups is 1. The molecule has 0 spiro atoms. The van der Waals surface area contributed by atoms with E-state index in [4.69, 9.17) is 0 Å². The summed E-state index contributed by atoms with van der Waals surface area (Å²) in [5.74, 6) is 1.38. The number of hydrogen-bond acceptors (Lipinski definition) is 1. The monoisotopic (exact) mass is 327 g/mol. The van der Waals surface area contributed by atoms with Gasteiger partial charge in [-0.2, -0.15) is 0 Å². The van der Waals surface area contributed by atoms with Gasteiger partial charge in [-0.25, -0.2) is 9.13 Å². The highest BCUT2D eigenvalue weighted by Crippen LogP contribution is 2.30. The number of nitrogens with zero attached hydrogens (tertiary/aromatic N) is 2. The van der Waals surface area contributed by atoms with Gasteiger partial charge < -0.3 is 0 Å². The minimum Gasteiger partial charge on any atom is -0.294 e. The molecule has 0 aliphatic rings. The van der Waals surface area contributed by atoms with Crippen molar-refractivity contribution in [1.29, 1.82) is 0 Å². The Labute approximate surface area is 146 Å². The molecule has 130 valence electrons. The molecule has 0 unspecified atom stereocenters. The van der Waals surface area contributed by atoms with E-state index < -0.39 is 0 Å². The van der Waals surface area contributed by atoms with E-state index in [0.29, 0.717) is 0 Å². The van der Waals surface area contributed by atoms with Crippen molar-refractivity contribution in [2.75, 3.05) is 0 Å². The number of aromatic nitrogens is 2. The van der Waals surface area contributed by atoms with Gasteiger partial charge in [0.2, 0.25) is 0 Å². The van der Waals surface area contributed by atoms with Gasteiger partial charge in [-0.15, -0.1) is 0 Å². The maximum Gasteiger partial charge on any atom is 0.254 e. The molecule has 2 aromatic rings. The lowest BCUT2D eigenvalue weighted by Crippen LogP contribution is -2.31. The highest BCUT2D eigenvalue weighted by Gasteiger charge is 2.27. The summed E-state index contributed by atoms with van der Waals surface area (Å²) in [6.45, 7) is 15.3. The number of benzene rings is 1. The Morgan fingerprint density at radius 2 is 1.67 bits per heavy atom. The number of hydrogen-bond donors (Lipinski definition) is 0. The molecule has 0 fully saturated rings. The van der Waals surface area contributed by atoms with Crippen molar-refractivity contribution in [3.63, 3.8) is 0 Å². The molecule has 2 rings (SSSR count). The first-order valence-electron chi connectivity index (χ1n) is 8.62. The first-order valence-corrected chi connectivity index (χ1v) is 8.62. The molecular formula is C21H31N2O+.